The molecule has 0 atom stereocenters. The summed E-state index contributed by atoms with van der Waals surface area (Å²) >= 11 is 0. The Hall–Kier alpha value is -2.64. The van der Waals surface area contributed by atoms with Gasteiger partial charge in [-0.1, -0.05) is 0 Å². The van der Waals surface area contributed by atoms with Crippen molar-refractivity contribution in [2.75, 3.05) is 7.05 Å². The fraction of sp³-hybridized carbons (Fsp3) is 0.429. The second-order valence-corrected chi connectivity index (χ2v) is 4.93. The van der Waals surface area contributed by atoms with Gasteiger partial charge in [-0.15, -0.1) is 0 Å². The van der Waals surface area contributed by atoms with Crippen molar-refractivity contribution < 1.29 is 14.7 Å². The van der Waals surface area contributed by atoms with Gasteiger partial charge in [0, 0.05) is 26.0 Å². The number of amides is 1. The predicted octanol–water partition coefficient (Wildman–Crippen LogP) is 0.846. The fourth-order valence-electron chi connectivity index (χ4n) is 1.98. The summed E-state index contributed by atoms with van der Waals surface area (Å²) in [5.41, 5.74) is 1.10. The van der Waals surface area contributed by atoms with E-state index in [4.69, 9.17) is 5.11 Å². The third kappa shape index (κ3) is 3.94. The van der Waals surface area contributed by atoms with Gasteiger partial charge in [-0.2, -0.15) is 10.2 Å². The third-order valence-electron chi connectivity index (χ3n) is 3.18. The lowest BCUT2D eigenvalue weighted by atomic mass is 10.3. The smallest absolute Gasteiger partial charge is 0.305 e. The first-order chi connectivity index (χ1) is 10.5. The predicted molar refractivity (Wildman–Crippen MR) is 78.2 cm³/mol. The van der Waals surface area contributed by atoms with Gasteiger partial charge in [-0.25, -0.2) is 0 Å². The minimum Gasteiger partial charge on any atom is -0.481 e. The number of aromatic nitrogens is 4. The Morgan fingerprint density at radius 3 is 2.59 bits per heavy atom. The van der Waals surface area contributed by atoms with Crippen LogP contribution in [0, 0.1) is 0 Å². The van der Waals surface area contributed by atoms with Gasteiger partial charge in [0.15, 0.2) is 0 Å². The van der Waals surface area contributed by atoms with Crippen molar-refractivity contribution >= 4 is 11.9 Å². The molecular weight excluding hydrogens is 286 g/mol. The molecule has 1 amide bonds. The lowest BCUT2D eigenvalue weighted by Crippen LogP contribution is -2.27. The van der Waals surface area contributed by atoms with Crippen molar-refractivity contribution in [1.29, 1.82) is 0 Å². The number of carbonyl (C=O) groups excluding carboxylic acids is 1. The van der Waals surface area contributed by atoms with Gasteiger partial charge in [0.1, 0.15) is 5.69 Å². The molecule has 0 aliphatic rings. The molecule has 2 aromatic heterocycles. The second kappa shape index (κ2) is 6.88. The minimum atomic E-state index is -0.896. The molecule has 0 fully saturated rings. The second-order valence-electron chi connectivity index (χ2n) is 4.93. The molecule has 0 unspecified atom stereocenters. The highest BCUT2D eigenvalue weighted by atomic mass is 16.4. The Balaban J connectivity index is 1.96. The van der Waals surface area contributed by atoms with E-state index >= 15 is 0 Å². The number of aliphatic carboxylic acids is 1. The summed E-state index contributed by atoms with van der Waals surface area (Å²) in [5.74, 6) is -1.12. The number of carbonyl (C=O) groups is 2. The lowest BCUT2D eigenvalue weighted by Gasteiger charge is -2.14. The van der Waals surface area contributed by atoms with Crippen molar-refractivity contribution in [1.82, 2.24) is 24.5 Å². The molecular formula is C14H19N5O3. The van der Waals surface area contributed by atoms with Gasteiger partial charge in [0.05, 0.1) is 25.2 Å². The quantitative estimate of drug-likeness (QED) is 0.818. The van der Waals surface area contributed by atoms with Crippen molar-refractivity contribution in [2.45, 2.75) is 33.0 Å². The number of hydrogen-bond donors (Lipinski definition) is 1. The molecule has 0 spiro atoms. The molecule has 0 radical (unpaired) electrons. The van der Waals surface area contributed by atoms with E-state index < -0.39 is 5.97 Å². The molecule has 0 saturated carbocycles. The van der Waals surface area contributed by atoms with E-state index in [2.05, 4.69) is 10.2 Å². The highest BCUT2D eigenvalue weighted by Crippen LogP contribution is 2.06. The van der Waals surface area contributed by atoms with Crippen LogP contribution in [0.4, 0.5) is 0 Å². The van der Waals surface area contributed by atoms with Crippen molar-refractivity contribution in [3.05, 3.63) is 35.9 Å². The zero-order valence-electron chi connectivity index (χ0n) is 12.6. The van der Waals surface area contributed by atoms with E-state index in [1.807, 2.05) is 19.2 Å². The highest BCUT2D eigenvalue weighted by Gasteiger charge is 2.16. The molecule has 22 heavy (non-hydrogen) atoms. The first-order valence-corrected chi connectivity index (χ1v) is 7.02. The summed E-state index contributed by atoms with van der Waals surface area (Å²) in [6, 6.07) is 3.46. The molecule has 2 rings (SSSR count). The first kappa shape index (κ1) is 15.7. The van der Waals surface area contributed by atoms with Gasteiger partial charge < -0.3 is 10.0 Å². The van der Waals surface area contributed by atoms with Crippen molar-refractivity contribution in [3.63, 3.8) is 0 Å². The third-order valence-corrected chi connectivity index (χ3v) is 3.18. The van der Waals surface area contributed by atoms with E-state index in [0.717, 1.165) is 12.2 Å². The SMILES string of the molecule is CCn1ccc(CN(C)C(=O)c2ccn(CCC(=O)O)n2)n1. The van der Waals surface area contributed by atoms with Crippen LogP contribution in [-0.4, -0.2) is 48.5 Å². The summed E-state index contributed by atoms with van der Waals surface area (Å²) in [4.78, 5) is 24.3. The molecule has 0 aromatic carbocycles. The molecule has 8 heteroatoms. The lowest BCUT2D eigenvalue weighted by molar-refractivity contribution is -0.137. The Kier molecular flexibility index (Phi) is 4.92. The molecule has 0 saturated heterocycles. The molecule has 118 valence electrons. The van der Waals surface area contributed by atoms with Gasteiger partial charge >= 0.3 is 5.97 Å². The van der Waals surface area contributed by atoms with Gasteiger partial charge in [0.25, 0.3) is 5.91 Å². The van der Waals surface area contributed by atoms with Gasteiger partial charge in [-0.3, -0.25) is 19.0 Å². The van der Waals surface area contributed by atoms with E-state index in [0.29, 0.717) is 12.2 Å². The summed E-state index contributed by atoms with van der Waals surface area (Å²) in [5, 5.41) is 17.1. The Morgan fingerprint density at radius 1 is 1.23 bits per heavy atom. The normalized spacial score (nSPS) is 10.6. The monoisotopic (exact) mass is 305 g/mol. The van der Waals surface area contributed by atoms with Gasteiger partial charge in [-0.05, 0) is 19.1 Å². The molecule has 8 nitrogen and oxygen atoms in total. The average molecular weight is 305 g/mol. The number of nitrogens with zero attached hydrogens (tertiary/aromatic N) is 5. The maximum Gasteiger partial charge on any atom is 0.305 e. The van der Waals surface area contributed by atoms with Crippen LogP contribution in [0.15, 0.2) is 24.5 Å². The molecule has 2 heterocycles. The van der Waals surface area contributed by atoms with E-state index in [1.54, 1.807) is 24.0 Å². The van der Waals surface area contributed by atoms with Crippen LogP contribution in [0.5, 0.6) is 0 Å². The maximum absolute atomic E-state index is 12.3. The van der Waals surface area contributed by atoms with Gasteiger partial charge in [0.2, 0.25) is 0 Å². The maximum atomic E-state index is 12.3. The van der Waals surface area contributed by atoms with Crippen LogP contribution in [-0.2, 0) is 24.4 Å². The summed E-state index contributed by atoms with van der Waals surface area (Å²) < 4.78 is 3.26. The fourth-order valence-corrected chi connectivity index (χ4v) is 1.98. The molecule has 1 N–H and O–H groups in total. The van der Waals surface area contributed by atoms with E-state index in [9.17, 15) is 9.59 Å². The standard InChI is InChI=1S/C14H19N5O3/c1-3-18-7-4-11(15-18)10-17(2)14(22)12-5-8-19(16-12)9-6-13(20)21/h4-5,7-8H,3,6,9-10H2,1-2H3,(H,20,21). The van der Waals surface area contributed by atoms with Crippen molar-refractivity contribution in [3.8, 4) is 0 Å². The Bertz CT molecular complexity index is 661. The topological polar surface area (TPSA) is 93.2 Å². The molecule has 0 bridgehead atoms. The number of aryl methyl sites for hydroxylation is 2. The zero-order valence-corrected chi connectivity index (χ0v) is 12.6. The number of carboxylic acids is 1. The van der Waals surface area contributed by atoms with Crippen LogP contribution in [0.25, 0.3) is 0 Å². The number of hydrogen-bond acceptors (Lipinski definition) is 4. The van der Waals surface area contributed by atoms with Crippen LogP contribution < -0.4 is 0 Å². The van der Waals surface area contributed by atoms with Crippen LogP contribution >= 0.6 is 0 Å². The Labute approximate surface area is 127 Å². The van der Waals surface area contributed by atoms with Crippen LogP contribution in [0.1, 0.15) is 29.5 Å². The van der Waals surface area contributed by atoms with E-state index in [-0.39, 0.29) is 18.9 Å². The zero-order chi connectivity index (χ0) is 16.1. The molecule has 0 aliphatic heterocycles. The summed E-state index contributed by atoms with van der Waals surface area (Å²) in [7, 11) is 1.68. The minimum absolute atomic E-state index is 0.0282. The van der Waals surface area contributed by atoms with E-state index in [1.165, 1.54) is 9.58 Å². The average Bonchev–Trinajstić information content (AvgIpc) is 3.13. The molecule has 2 aromatic rings. The number of carboxylic acid groups (broad SMARTS) is 1. The highest BCUT2D eigenvalue weighted by molar-refractivity contribution is 5.91. The first-order valence-electron chi connectivity index (χ1n) is 7.02. The summed E-state index contributed by atoms with van der Waals surface area (Å²) in [6.45, 7) is 3.42. The van der Waals surface area contributed by atoms with Crippen LogP contribution in [0.2, 0.25) is 0 Å². The van der Waals surface area contributed by atoms with Crippen LogP contribution in [0.3, 0.4) is 0 Å². The Morgan fingerprint density at radius 2 is 1.95 bits per heavy atom. The summed E-state index contributed by atoms with van der Waals surface area (Å²) in [6.07, 6.45) is 3.45. The van der Waals surface area contributed by atoms with Crippen molar-refractivity contribution in [2.24, 2.45) is 0 Å². The number of rotatable bonds is 7. The molecule has 0 aliphatic carbocycles. The largest absolute Gasteiger partial charge is 0.481 e.